The molecule has 0 aliphatic carbocycles. The van der Waals surface area contributed by atoms with Gasteiger partial charge >= 0.3 is 0 Å². The average Bonchev–Trinajstić information content (AvgIpc) is 2.83. The molecule has 0 amide bonds. The Hall–Kier alpha value is -2.08. The summed E-state index contributed by atoms with van der Waals surface area (Å²) in [6.45, 7) is 0.357. The van der Waals surface area contributed by atoms with Crippen LogP contribution in [0.3, 0.4) is 0 Å². The molecule has 2 heterocycles. The van der Waals surface area contributed by atoms with Gasteiger partial charge in [0.2, 0.25) is 0 Å². The molecule has 0 spiro atoms. The van der Waals surface area contributed by atoms with Gasteiger partial charge in [-0.1, -0.05) is 23.7 Å². The molecule has 2 N–H and O–H groups in total. The van der Waals surface area contributed by atoms with Crippen LogP contribution in [-0.4, -0.2) is 16.5 Å². The quantitative estimate of drug-likeness (QED) is 0.593. The number of fused-ring (bicyclic) bond motifs is 1. The van der Waals surface area contributed by atoms with Crippen LogP contribution in [0.15, 0.2) is 42.6 Å². The first-order valence-electron chi connectivity index (χ1n) is 6.37. The normalized spacial score (nSPS) is 11.1. The second-order valence-corrected chi connectivity index (χ2v) is 4.98. The van der Waals surface area contributed by atoms with Crippen molar-refractivity contribution in [2.45, 2.75) is 6.61 Å². The fourth-order valence-electron chi connectivity index (χ4n) is 2.14. The molecule has 3 aromatic rings. The van der Waals surface area contributed by atoms with E-state index in [1.54, 1.807) is 0 Å². The maximum absolute atomic E-state index is 6.17. The van der Waals surface area contributed by atoms with Gasteiger partial charge in [-0.15, -0.1) is 0 Å². The fourth-order valence-corrected chi connectivity index (χ4v) is 2.27. The monoisotopic (exact) mass is 303 g/mol. The second-order valence-electron chi connectivity index (χ2n) is 4.54. The molecule has 0 unspecified atom stereocenters. The van der Waals surface area contributed by atoms with Crippen LogP contribution in [0.1, 0.15) is 5.56 Å². The van der Waals surface area contributed by atoms with Crippen LogP contribution in [-0.2, 0) is 16.4 Å². The van der Waals surface area contributed by atoms with E-state index in [0.717, 1.165) is 22.5 Å². The lowest BCUT2D eigenvalue weighted by Crippen LogP contribution is -1.96. The summed E-state index contributed by atoms with van der Waals surface area (Å²) in [7, 11) is 1.48. The van der Waals surface area contributed by atoms with Crippen LogP contribution in [0.4, 0.5) is 5.82 Å². The van der Waals surface area contributed by atoms with Crippen LogP contribution < -0.4 is 5.73 Å². The highest BCUT2D eigenvalue weighted by molar-refractivity contribution is 6.30. The van der Waals surface area contributed by atoms with Crippen LogP contribution in [0.25, 0.3) is 16.9 Å². The lowest BCUT2D eigenvalue weighted by Gasteiger charge is -2.02. The lowest BCUT2D eigenvalue weighted by atomic mass is 10.1. The van der Waals surface area contributed by atoms with Crippen molar-refractivity contribution in [1.82, 2.24) is 9.38 Å². The third kappa shape index (κ3) is 2.71. The number of rotatable bonds is 4. The molecule has 0 saturated carbocycles. The van der Waals surface area contributed by atoms with Gasteiger partial charge in [0.25, 0.3) is 0 Å². The summed E-state index contributed by atoms with van der Waals surface area (Å²) in [5, 5.41) is 0.681. The van der Waals surface area contributed by atoms with Crippen molar-refractivity contribution in [1.29, 1.82) is 0 Å². The molecule has 0 aliphatic rings. The molecule has 2 aromatic heterocycles. The number of nitrogens with zero attached hydrogens (tertiary/aromatic N) is 2. The predicted octanol–water partition coefficient (Wildman–Crippen LogP) is 3.31. The molecule has 21 heavy (non-hydrogen) atoms. The molecule has 1 aromatic carbocycles. The molecule has 0 atom stereocenters. The standard InChI is InChI=1S/C15H14ClN3O2/c1-20-21-9-10-6-7-19-13(8-10)18-14(15(19)17)11-2-4-12(16)5-3-11/h2-8H,9,17H2,1H3. The fraction of sp³-hybridized carbons (Fsp3) is 0.133. The van der Waals surface area contributed by atoms with E-state index in [-0.39, 0.29) is 0 Å². The molecule has 0 fully saturated rings. The smallest absolute Gasteiger partial charge is 0.139 e. The Morgan fingerprint density at radius 1 is 1.24 bits per heavy atom. The van der Waals surface area contributed by atoms with E-state index in [2.05, 4.69) is 9.87 Å². The Labute approximate surface area is 126 Å². The average molecular weight is 304 g/mol. The van der Waals surface area contributed by atoms with Crippen LogP contribution in [0, 0.1) is 0 Å². The Morgan fingerprint density at radius 2 is 2.00 bits per heavy atom. The summed E-state index contributed by atoms with van der Waals surface area (Å²) in [6, 6.07) is 11.3. The number of pyridine rings is 1. The van der Waals surface area contributed by atoms with E-state index in [1.165, 1.54) is 7.11 Å². The minimum absolute atomic E-state index is 0.357. The van der Waals surface area contributed by atoms with Gasteiger partial charge in [-0.25, -0.2) is 14.8 Å². The number of anilines is 1. The molecule has 0 bridgehead atoms. The summed E-state index contributed by atoms with van der Waals surface area (Å²) in [6.07, 6.45) is 1.87. The maximum Gasteiger partial charge on any atom is 0.139 e. The zero-order valence-electron chi connectivity index (χ0n) is 11.4. The molecular weight excluding hydrogens is 290 g/mol. The van der Waals surface area contributed by atoms with Gasteiger partial charge in [-0.05, 0) is 29.8 Å². The van der Waals surface area contributed by atoms with Gasteiger partial charge in [0, 0.05) is 16.8 Å². The van der Waals surface area contributed by atoms with E-state index in [1.807, 2.05) is 47.0 Å². The van der Waals surface area contributed by atoms with E-state index >= 15 is 0 Å². The zero-order valence-corrected chi connectivity index (χ0v) is 12.2. The number of halogens is 1. The Balaban J connectivity index is 2.04. The Bertz CT molecular complexity index is 768. The number of hydrogen-bond donors (Lipinski definition) is 1. The molecule has 0 saturated heterocycles. The van der Waals surface area contributed by atoms with Crippen LogP contribution in [0.5, 0.6) is 0 Å². The van der Waals surface area contributed by atoms with Gasteiger partial charge in [0.05, 0.1) is 7.11 Å². The first-order valence-corrected chi connectivity index (χ1v) is 6.75. The van der Waals surface area contributed by atoms with Crippen molar-refractivity contribution in [3.05, 3.63) is 53.2 Å². The molecule has 5 nitrogen and oxygen atoms in total. The molecular formula is C15H14ClN3O2. The highest BCUT2D eigenvalue weighted by atomic mass is 35.5. The summed E-state index contributed by atoms with van der Waals surface area (Å²) >= 11 is 5.90. The molecule has 0 radical (unpaired) electrons. The molecule has 6 heteroatoms. The number of nitrogens with two attached hydrogens (primary N) is 1. The van der Waals surface area contributed by atoms with Gasteiger partial charge < -0.3 is 5.73 Å². The Morgan fingerprint density at radius 3 is 2.71 bits per heavy atom. The van der Waals surface area contributed by atoms with Crippen LogP contribution in [0.2, 0.25) is 5.02 Å². The minimum Gasteiger partial charge on any atom is -0.383 e. The van der Waals surface area contributed by atoms with Crippen molar-refractivity contribution in [3.8, 4) is 11.3 Å². The number of aromatic nitrogens is 2. The highest BCUT2D eigenvalue weighted by Gasteiger charge is 2.11. The van der Waals surface area contributed by atoms with E-state index in [4.69, 9.17) is 22.2 Å². The lowest BCUT2D eigenvalue weighted by molar-refractivity contribution is -0.282. The SMILES string of the molecule is COOCc1ccn2c(N)c(-c3ccc(Cl)cc3)nc2c1. The zero-order chi connectivity index (χ0) is 14.8. The number of benzene rings is 1. The predicted molar refractivity (Wildman–Crippen MR) is 81.8 cm³/mol. The highest BCUT2D eigenvalue weighted by Crippen LogP contribution is 2.27. The number of imidazole rings is 1. The first kappa shape index (κ1) is 13.9. The minimum atomic E-state index is 0.357. The summed E-state index contributed by atoms with van der Waals surface area (Å²) in [5.41, 5.74) is 9.54. The van der Waals surface area contributed by atoms with E-state index in [0.29, 0.717) is 17.4 Å². The summed E-state index contributed by atoms with van der Waals surface area (Å²) in [5.74, 6) is 0.589. The van der Waals surface area contributed by atoms with Gasteiger partial charge in [0.1, 0.15) is 23.8 Å². The van der Waals surface area contributed by atoms with Gasteiger partial charge in [0.15, 0.2) is 0 Å². The van der Waals surface area contributed by atoms with Crippen molar-refractivity contribution in [3.63, 3.8) is 0 Å². The summed E-state index contributed by atoms with van der Waals surface area (Å²) in [4.78, 5) is 14.1. The largest absolute Gasteiger partial charge is 0.383 e. The van der Waals surface area contributed by atoms with Crippen molar-refractivity contribution in [2.24, 2.45) is 0 Å². The molecule has 3 rings (SSSR count). The van der Waals surface area contributed by atoms with E-state index in [9.17, 15) is 0 Å². The number of nitrogen functional groups attached to an aromatic ring is 1. The van der Waals surface area contributed by atoms with Crippen molar-refractivity contribution < 1.29 is 9.78 Å². The number of hydrogen-bond acceptors (Lipinski definition) is 4. The van der Waals surface area contributed by atoms with Crippen molar-refractivity contribution in [2.75, 3.05) is 12.8 Å². The topological polar surface area (TPSA) is 61.8 Å². The van der Waals surface area contributed by atoms with Crippen molar-refractivity contribution >= 4 is 23.1 Å². The Kier molecular flexibility index (Phi) is 3.79. The van der Waals surface area contributed by atoms with Gasteiger partial charge in [-0.3, -0.25) is 4.40 Å². The maximum atomic E-state index is 6.17. The van der Waals surface area contributed by atoms with Gasteiger partial charge in [-0.2, -0.15) is 0 Å². The third-order valence-electron chi connectivity index (χ3n) is 3.19. The van der Waals surface area contributed by atoms with Crippen LogP contribution >= 0.6 is 11.6 Å². The summed E-state index contributed by atoms with van der Waals surface area (Å²) < 4.78 is 1.83. The molecule has 108 valence electrons. The van der Waals surface area contributed by atoms with E-state index < -0.39 is 0 Å². The third-order valence-corrected chi connectivity index (χ3v) is 3.44. The second kappa shape index (κ2) is 5.73. The first-order chi connectivity index (χ1) is 10.2. The molecule has 0 aliphatic heterocycles.